The summed E-state index contributed by atoms with van der Waals surface area (Å²) in [4.78, 5) is 57.9. The summed E-state index contributed by atoms with van der Waals surface area (Å²) in [6, 6.07) is 3.80. The second kappa shape index (κ2) is 17.9. The predicted molar refractivity (Wildman–Crippen MR) is 204 cm³/mol. The normalized spacial score (nSPS) is 20.9. The molecule has 2 fully saturated rings. The third kappa shape index (κ3) is 9.62. The Morgan fingerprint density at radius 1 is 0.696 bits per heavy atom. The highest BCUT2D eigenvalue weighted by Crippen LogP contribution is 2.24. The Kier molecular flexibility index (Phi) is 12.4. The zero-order chi connectivity index (χ0) is 39.0. The van der Waals surface area contributed by atoms with Crippen molar-refractivity contribution in [2.24, 2.45) is 0 Å². The van der Waals surface area contributed by atoms with Gasteiger partial charge in [0.1, 0.15) is 12.7 Å². The van der Waals surface area contributed by atoms with Crippen LogP contribution in [-0.4, -0.2) is 121 Å². The molecule has 18 nitrogen and oxygen atoms in total. The molecule has 0 unspecified atom stereocenters. The monoisotopic (exact) mass is 768 g/mol. The van der Waals surface area contributed by atoms with Crippen LogP contribution in [0.15, 0.2) is 62.0 Å². The van der Waals surface area contributed by atoms with Crippen LogP contribution in [0.2, 0.25) is 0 Å². The van der Waals surface area contributed by atoms with Crippen LogP contribution in [0.5, 0.6) is 0 Å². The molecule has 2 amide bonds. The Bertz CT molecular complexity index is 2010. The van der Waals surface area contributed by atoms with Gasteiger partial charge in [0.05, 0.1) is 59.7 Å². The number of H-pyrrole nitrogens is 2. The number of hydrogen-bond donors (Lipinski definition) is 6. The van der Waals surface area contributed by atoms with Crippen LogP contribution in [-0.2, 0) is 9.47 Å². The molecule has 2 aliphatic rings. The molecule has 2 atom stereocenters. The van der Waals surface area contributed by atoms with E-state index in [1.165, 1.54) is 0 Å². The van der Waals surface area contributed by atoms with Crippen LogP contribution in [0.1, 0.15) is 86.2 Å². The number of carbonyl (C=O) groups is 2. The van der Waals surface area contributed by atoms with Crippen molar-refractivity contribution in [1.82, 2.24) is 59.6 Å². The average molecular weight is 769 g/mol. The number of aromatic nitrogens is 10. The first-order chi connectivity index (χ1) is 27.2. The number of aliphatic hydroxyl groups excluding tert-OH is 2. The molecular weight excluding hydrogens is 720 g/mol. The molecule has 6 aromatic rings. The van der Waals surface area contributed by atoms with E-state index >= 15 is 0 Å². The fourth-order valence-corrected chi connectivity index (χ4v) is 6.99. The number of rotatable bonds is 12. The van der Waals surface area contributed by atoms with Crippen molar-refractivity contribution in [3.05, 3.63) is 73.4 Å². The summed E-state index contributed by atoms with van der Waals surface area (Å²) in [5.41, 5.74) is 3.25. The van der Waals surface area contributed by atoms with Gasteiger partial charge in [0, 0.05) is 49.3 Å². The zero-order valence-corrected chi connectivity index (χ0v) is 31.4. The Morgan fingerprint density at radius 2 is 1.11 bits per heavy atom. The highest BCUT2D eigenvalue weighted by molar-refractivity contribution is 6.04. The maximum atomic E-state index is 12.9. The summed E-state index contributed by atoms with van der Waals surface area (Å²) in [6.07, 6.45) is 19.6. The van der Waals surface area contributed by atoms with E-state index in [4.69, 9.17) is 9.47 Å². The first-order valence-electron chi connectivity index (χ1n) is 19.1. The van der Waals surface area contributed by atoms with Crippen molar-refractivity contribution in [2.75, 3.05) is 13.2 Å². The maximum Gasteiger partial charge on any atom is 0.272 e. The first kappa shape index (κ1) is 38.7. The van der Waals surface area contributed by atoms with Gasteiger partial charge in [-0.15, -0.1) is 0 Å². The van der Waals surface area contributed by atoms with E-state index in [9.17, 15) is 19.8 Å². The number of fused-ring (bicyclic) bond motifs is 2. The lowest BCUT2D eigenvalue weighted by Gasteiger charge is -2.29. The standard InChI is InChI=1S/2C19H24N6O3/c2*1-12(26)10-28-14-4-2-13(3-5-14)22-18(27)17-16-15(6-7-21-16)23-19(24-17)25-9-8-20-11-25/h2*6-9,11-14,21,26H,2-5,10H2,1H3,(H,22,27)/t2*12-,13?,14?/m10/s1. The topological polar surface area (TPSA) is 236 Å². The van der Waals surface area contributed by atoms with Gasteiger partial charge in [0.15, 0.2) is 11.4 Å². The van der Waals surface area contributed by atoms with Gasteiger partial charge in [-0.1, -0.05) is 0 Å². The minimum Gasteiger partial charge on any atom is -0.391 e. The number of carbonyl (C=O) groups excluding carboxylic acids is 2. The minimum atomic E-state index is -0.455. The van der Waals surface area contributed by atoms with Gasteiger partial charge >= 0.3 is 0 Å². The number of ether oxygens (including phenoxy) is 2. The molecule has 0 radical (unpaired) electrons. The van der Waals surface area contributed by atoms with Crippen LogP contribution in [0.3, 0.4) is 0 Å². The Morgan fingerprint density at radius 3 is 1.46 bits per heavy atom. The maximum absolute atomic E-state index is 12.9. The van der Waals surface area contributed by atoms with Crippen molar-refractivity contribution < 1.29 is 29.3 Å². The van der Waals surface area contributed by atoms with Crippen LogP contribution in [0.4, 0.5) is 0 Å². The van der Waals surface area contributed by atoms with Crippen molar-refractivity contribution in [3.63, 3.8) is 0 Å². The molecule has 2 aliphatic carbocycles. The smallest absolute Gasteiger partial charge is 0.272 e. The van der Waals surface area contributed by atoms with Crippen molar-refractivity contribution in [1.29, 1.82) is 0 Å². The summed E-state index contributed by atoms with van der Waals surface area (Å²) in [5.74, 6) is 0.379. The van der Waals surface area contributed by atoms with Crippen LogP contribution in [0.25, 0.3) is 34.0 Å². The Labute approximate surface area is 322 Å². The minimum absolute atomic E-state index is 0.0792. The van der Waals surface area contributed by atoms with E-state index in [1.807, 2.05) is 12.1 Å². The van der Waals surface area contributed by atoms with Crippen LogP contribution < -0.4 is 10.6 Å². The number of hydrogen-bond acceptors (Lipinski definition) is 12. The van der Waals surface area contributed by atoms with E-state index in [0.29, 0.717) is 58.6 Å². The highest BCUT2D eigenvalue weighted by Gasteiger charge is 2.27. The summed E-state index contributed by atoms with van der Waals surface area (Å²) < 4.78 is 14.7. The molecule has 6 heterocycles. The molecule has 0 aromatic carbocycles. The molecule has 6 N–H and O–H groups in total. The SMILES string of the molecule is C[C@@H](O)COC1CCC(NC(=O)c2nc(-n3ccnc3)nc3cc[nH]c23)CC1.C[C@H](O)COC1CCC(NC(=O)c2nc(-n3ccnc3)nc3cc[nH]c23)CC1. The molecule has 6 aromatic heterocycles. The Balaban J connectivity index is 0.000000172. The highest BCUT2D eigenvalue weighted by atomic mass is 16.5. The average Bonchev–Trinajstić information content (AvgIpc) is 4.04. The van der Waals surface area contributed by atoms with Gasteiger partial charge in [-0.05, 0) is 77.3 Å². The number of imidazole rings is 2. The third-order valence-corrected chi connectivity index (χ3v) is 9.85. The molecule has 0 aliphatic heterocycles. The van der Waals surface area contributed by atoms with E-state index in [2.05, 4.69) is 50.5 Å². The number of nitrogens with zero attached hydrogens (tertiary/aromatic N) is 8. The zero-order valence-electron chi connectivity index (χ0n) is 31.4. The van der Waals surface area contributed by atoms with E-state index < -0.39 is 12.2 Å². The lowest BCUT2D eigenvalue weighted by molar-refractivity contribution is -0.0211. The van der Waals surface area contributed by atoms with Gasteiger partial charge in [-0.3, -0.25) is 18.7 Å². The molecule has 0 bridgehead atoms. The molecule has 2 saturated carbocycles. The van der Waals surface area contributed by atoms with Gasteiger partial charge in [-0.2, -0.15) is 0 Å². The predicted octanol–water partition coefficient (Wildman–Crippen LogP) is 3.16. The van der Waals surface area contributed by atoms with Crippen LogP contribution >= 0.6 is 0 Å². The largest absolute Gasteiger partial charge is 0.391 e. The van der Waals surface area contributed by atoms with Crippen LogP contribution in [0, 0.1) is 0 Å². The molecule has 56 heavy (non-hydrogen) atoms. The molecule has 296 valence electrons. The molecule has 8 rings (SSSR count). The summed E-state index contributed by atoms with van der Waals surface area (Å²) in [6.45, 7) is 4.13. The summed E-state index contributed by atoms with van der Waals surface area (Å²) in [7, 11) is 0. The van der Waals surface area contributed by atoms with Gasteiger partial charge in [0.2, 0.25) is 11.9 Å². The molecular formula is C38H48N12O6. The number of aliphatic hydroxyl groups is 2. The fraction of sp³-hybridized carbons (Fsp3) is 0.474. The van der Waals surface area contributed by atoms with Crippen molar-refractivity contribution in [2.45, 2.75) is 102 Å². The second-order valence-electron chi connectivity index (χ2n) is 14.4. The number of aromatic amines is 2. The molecule has 0 saturated heterocycles. The molecule has 18 heteroatoms. The lowest BCUT2D eigenvalue weighted by atomic mass is 9.93. The quantitative estimate of drug-likeness (QED) is 0.105. The lowest BCUT2D eigenvalue weighted by Crippen LogP contribution is -2.40. The number of amides is 2. The second-order valence-corrected chi connectivity index (χ2v) is 14.4. The van der Waals surface area contributed by atoms with Crippen molar-refractivity contribution in [3.8, 4) is 11.9 Å². The summed E-state index contributed by atoms with van der Waals surface area (Å²) >= 11 is 0. The number of nitrogens with one attached hydrogen (secondary N) is 4. The van der Waals surface area contributed by atoms with Gasteiger partial charge < -0.3 is 40.3 Å². The third-order valence-electron chi connectivity index (χ3n) is 9.85. The molecule has 0 spiro atoms. The summed E-state index contributed by atoms with van der Waals surface area (Å²) in [5, 5.41) is 24.9. The first-order valence-corrected chi connectivity index (χ1v) is 19.1. The van der Waals surface area contributed by atoms with E-state index in [0.717, 1.165) is 51.4 Å². The van der Waals surface area contributed by atoms with E-state index in [1.54, 1.807) is 72.8 Å². The van der Waals surface area contributed by atoms with E-state index in [-0.39, 0.29) is 36.1 Å². The fourth-order valence-electron chi connectivity index (χ4n) is 6.99. The van der Waals surface area contributed by atoms with Gasteiger partial charge in [0.25, 0.3) is 11.8 Å². The van der Waals surface area contributed by atoms with Crippen molar-refractivity contribution >= 4 is 33.9 Å². The van der Waals surface area contributed by atoms with Gasteiger partial charge in [-0.25, -0.2) is 29.9 Å². The Hall–Kier alpha value is -5.56.